The Morgan fingerprint density at radius 3 is 2.70 bits per heavy atom. The zero-order valence-electron chi connectivity index (χ0n) is 11.4. The molecule has 0 aromatic carbocycles. The highest BCUT2D eigenvalue weighted by atomic mass is 16.6. The fourth-order valence-electron chi connectivity index (χ4n) is 1.53. The van der Waals surface area contributed by atoms with Crippen molar-refractivity contribution in [2.24, 2.45) is 0 Å². The van der Waals surface area contributed by atoms with Crippen molar-refractivity contribution in [2.45, 2.75) is 25.0 Å². The van der Waals surface area contributed by atoms with Crippen molar-refractivity contribution in [3.05, 3.63) is 25.3 Å². The van der Waals surface area contributed by atoms with E-state index in [4.69, 9.17) is 14.2 Å². The van der Waals surface area contributed by atoms with Crippen molar-refractivity contribution in [3.63, 3.8) is 0 Å². The molecule has 1 aliphatic rings. The summed E-state index contributed by atoms with van der Waals surface area (Å²) < 4.78 is 20.2. The minimum Gasteiger partial charge on any atom is -0.463 e. The van der Waals surface area contributed by atoms with Crippen LogP contribution in [0.2, 0.25) is 0 Å². The minimum absolute atomic E-state index is 0.0934. The summed E-state index contributed by atoms with van der Waals surface area (Å²) in [5.41, 5.74) is 0. The van der Waals surface area contributed by atoms with E-state index in [1.54, 1.807) is 12.2 Å². The summed E-state index contributed by atoms with van der Waals surface area (Å²) in [7, 11) is 0. The van der Waals surface area contributed by atoms with E-state index in [0.717, 1.165) is 0 Å². The molecular weight excluding hydrogens is 264 g/mol. The molecule has 1 unspecified atom stereocenters. The molecule has 0 radical (unpaired) electrons. The third-order valence-corrected chi connectivity index (χ3v) is 2.61. The molecule has 0 spiro atoms. The molecule has 0 bridgehead atoms. The summed E-state index contributed by atoms with van der Waals surface area (Å²) in [5.74, 6) is -0.947. The lowest BCUT2D eigenvalue weighted by Gasteiger charge is -2.10. The molecule has 20 heavy (non-hydrogen) atoms. The van der Waals surface area contributed by atoms with E-state index < -0.39 is 18.0 Å². The van der Waals surface area contributed by atoms with Crippen LogP contribution >= 0.6 is 0 Å². The number of carbonyl (C=O) groups is 2. The van der Waals surface area contributed by atoms with Gasteiger partial charge in [0.05, 0.1) is 39.0 Å². The Morgan fingerprint density at radius 1 is 1.35 bits per heavy atom. The molecule has 0 amide bonds. The second kappa shape index (κ2) is 9.28. The Labute approximate surface area is 118 Å². The maximum absolute atomic E-state index is 11.4. The van der Waals surface area contributed by atoms with Gasteiger partial charge in [0.1, 0.15) is 0 Å². The molecule has 112 valence electrons. The number of ether oxygens (including phenoxy) is 4. The van der Waals surface area contributed by atoms with E-state index >= 15 is 0 Å². The Hall–Kier alpha value is -1.66. The lowest BCUT2D eigenvalue weighted by Crippen LogP contribution is -2.23. The number of hydrogen-bond donors (Lipinski definition) is 0. The van der Waals surface area contributed by atoms with Gasteiger partial charge in [-0.2, -0.15) is 0 Å². The van der Waals surface area contributed by atoms with Crippen molar-refractivity contribution < 1.29 is 28.5 Å². The van der Waals surface area contributed by atoms with Crippen molar-refractivity contribution >= 4 is 11.9 Å². The van der Waals surface area contributed by atoms with Crippen LogP contribution in [0.25, 0.3) is 0 Å². The van der Waals surface area contributed by atoms with Gasteiger partial charge in [0, 0.05) is 6.42 Å². The third kappa shape index (κ3) is 5.99. The lowest BCUT2D eigenvalue weighted by molar-refractivity contribution is -0.161. The molecule has 0 aromatic rings. The van der Waals surface area contributed by atoms with Gasteiger partial charge in [-0.25, -0.2) is 4.79 Å². The van der Waals surface area contributed by atoms with Crippen molar-refractivity contribution in [1.82, 2.24) is 0 Å². The quantitative estimate of drug-likeness (QED) is 0.339. The van der Waals surface area contributed by atoms with Crippen LogP contribution in [0, 0.1) is 0 Å². The molecule has 0 N–H and O–H groups in total. The number of esters is 2. The van der Waals surface area contributed by atoms with Crippen molar-refractivity contribution in [3.8, 4) is 0 Å². The molecule has 1 heterocycles. The highest BCUT2D eigenvalue weighted by Gasteiger charge is 2.29. The van der Waals surface area contributed by atoms with E-state index in [0.29, 0.717) is 26.2 Å². The molecule has 0 saturated carbocycles. The van der Waals surface area contributed by atoms with Gasteiger partial charge in [-0.15, -0.1) is 13.2 Å². The molecule has 1 fully saturated rings. The maximum Gasteiger partial charge on any atom is 0.347 e. The summed E-state index contributed by atoms with van der Waals surface area (Å²) >= 11 is 0. The summed E-state index contributed by atoms with van der Waals surface area (Å²) in [6, 6.07) is 0. The second-order valence-corrected chi connectivity index (χ2v) is 4.10. The number of carbonyl (C=O) groups excluding carboxylic acids is 2. The van der Waals surface area contributed by atoms with Crippen LogP contribution in [0.15, 0.2) is 25.3 Å². The average molecular weight is 284 g/mol. The first-order valence-corrected chi connectivity index (χ1v) is 6.48. The predicted molar refractivity (Wildman–Crippen MR) is 71.0 cm³/mol. The standard InChI is InChI=1S/C14H20O6/c1-3-11(4-2)18-10-9-17-7-6-13(15)20-12-5-8-19-14(12)16/h3-4,11-12H,1-2,5-10H2. The first kappa shape index (κ1) is 16.4. The van der Waals surface area contributed by atoms with Crippen LogP contribution in [-0.2, 0) is 28.5 Å². The summed E-state index contributed by atoms with van der Waals surface area (Å²) in [6.45, 7) is 8.44. The monoisotopic (exact) mass is 284 g/mol. The summed E-state index contributed by atoms with van der Waals surface area (Å²) in [4.78, 5) is 22.5. The topological polar surface area (TPSA) is 71.1 Å². The molecular formula is C14H20O6. The van der Waals surface area contributed by atoms with Crippen LogP contribution in [0.3, 0.4) is 0 Å². The molecule has 1 aliphatic heterocycles. The Bertz CT molecular complexity index is 344. The molecule has 1 atom stereocenters. The van der Waals surface area contributed by atoms with Gasteiger partial charge >= 0.3 is 11.9 Å². The predicted octanol–water partition coefficient (Wildman–Crippen LogP) is 1.01. The highest BCUT2D eigenvalue weighted by molar-refractivity contribution is 5.80. The fraction of sp³-hybridized carbons (Fsp3) is 0.571. The molecule has 0 aromatic heterocycles. The Kier molecular flexibility index (Phi) is 7.60. The van der Waals surface area contributed by atoms with Crippen LogP contribution in [0.1, 0.15) is 12.8 Å². The average Bonchev–Trinajstić information content (AvgIpc) is 2.83. The normalized spacial score (nSPS) is 17.9. The molecule has 6 heteroatoms. The van der Waals surface area contributed by atoms with Gasteiger partial charge in [0.2, 0.25) is 6.10 Å². The van der Waals surface area contributed by atoms with Gasteiger partial charge in [0.25, 0.3) is 0 Å². The second-order valence-electron chi connectivity index (χ2n) is 4.10. The highest BCUT2D eigenvalue weighted by Crippen LogP contribution is 2.10. The largest absolute Gasteiger partial charge is 0.463 e. The van der Waals surface area contributed by atoms with Crippen molar-refractivity contribution in [2.75, 3.05) is 26.4 Å². The summed E-state index contributed by atoms with van der Waals surface area (Å²) in [6.07, 6.45) is 2.82. The van der Waals surface area contributed by atoms with E-state index in [-0.39, 0.29) is 19.1 Å². The van der Waals surface area contributed by atoms with E-state index in [2.05, 4.69) is 17.9 Å². The first-order valence-electron chi connectivity index (χ1n) is 6.48. The van der Waals surface area contributed by atoms with Crippen LogP contribution < -0.4 is 0 Å². The van der Waals surface area contributed by atoms with E-state index in [1.165, 1.54) is 0 Å². The zero-order valence-corrected chi connectivity index (χ0v) is 11.4. The van der Waals surface area contributed by atoms with Gasteiger partial charge in [-0.1, -0.05) is 12.2 Å². The smallest absolute Gasteiger partial charge is 0.347 e. The van der Waals surface area contributed by atoms with E-state index in [9.17, 15) is 9.59 Å². The van der Waals surface area contributed by atoms with Gasteiger partial charge < -0.3 is 18.9 Å². The van der Waals surface area contributed by atoms with Gasteiger partial charge in [-0.05, 0) is 0 Å². The van der Waals surface area contributed by atoms with Crippen molar-refractivity contribution in [1.29, 1.82) is 0 Å². The van der Waals surface area contributed by atoms with Gasteiger partial charge in [-0.3, -0.25) is 4.79 Å². The lowest BCUT2D eigenvalue weighted by atomic mass is 10.3. The number of cyclic esters (lactones) is 1. The Balaban J connectivity index is 2.00. The number of hydrogen-bond acceptors (Lipinski definition) is 6. The molecule has 0 aliphatic carbocycles. The third-order valence-electron chi connectivity index (χ3n) is 2.61. The SMILES string of the molecule is C=CC(C=C)OCCOCCC(=O)OC1CCOC1=O. The van der Waals surface area contributed by atoms with Crippen LogP contribution in [0.4, 0.5) is 0 Å². The fourth-order valence-corrected chi connectivity index (χ4v) is 1.53. The van der Waals surface area contributed by atoms with Crippen LogP contribution in [-0.4, -0.2) is 50.6 Å². The molecule has 6 nitrogen and oxygen atoms in total. The van der Waals surface area contributed by atoms with Gasteiger partial charge in [0.15, 0.2) is 0 Å². The van der Waals surface area contributed by atoms with Crippen LogP contribution in [0.5, 0.6) is 0 Å². The number of rotatable bonds is 10. The molecule has 1 rings (SSSR count). The van der Waals surface area contributed by atoms with E-state index in [1.807, 2.05) is 0 Å². The minimum atomic E-state index is -0.758. The molecule has 1 saturated heterocycles. The Morgan fingerprint density at radius 2 is 2.10 bits per heavy atom. The summed E-state index contributed by atoms with van der Waals surface area (Å²) in [5, 5.41) is 0. The first-order chi connectivity index (χ1) is 9.67. The maximum atomic E-state index is 11.4. The zero-order chi connectivity index (χ0) is 14.8.